The van der Waals surface area contributed by atoms with Crippen molar-refractivity contribution in [1.29, 1.82) is 0 Å². The molecule has 0 aromatic rings. The van der Waals surface area contributed by atoms with E-state index in [1.165, 1.54) is 38.5 Å². The van der Waals surface area contributed by atoms with Crippen LogP contribution in [-0.2, 0) is 4.74 Å². The molecule has 0 heterocycles. The minimum absolute atomic E-state index is 0.386. The van der Waals surface area contributed by atoms with Crippen molar-refractivity contribution in [3.63, 3.8) is 0 Å². The molecule has 2 nitrogen and oxygen atoms in total. The Balaban J connectivity index is 1.79. The highest BCUT2D eigenvalue weighted by atomic mass is 16.5. The third-order valence-corrected chi connectivity index (χ3v) is 2.67. The predicted octanol–water partition coefficient (Wildman–Crippen LogP) is 2.72. The van der Waals surface area contributed by atoms with Crippen LogP contribution < -0.4 is 5.32 Å². The Hall–Kier alpha value is -0.0800. The van der Waals surface area contributed by atoms with Gasteiger partial charge in [-0.2, -0.15) is 0 Å². The average Bonchev–Trinajstić information content (AvgIpc) is 2.98. The predicted molar refractivity (Wildman–Crippen MR) is 60.6 cm³/mol. The molecule has 0 aromatic carbocycles. The van der Waals surface area contributed by atoms with Gasteiger partial charge in [-0.15, -0.1) is 0 Å². The molecule has 1 aliphatic rings. The molecule has 1 unspecified atom stereocenters. The quantitative estimate of drug-likeness (QED) is 0.576. The summed E-state index contributed by atoms with van der Waals surface area (Å²) in [4.78, 5) is 0. The molecule has 14 heavy (non-hydrogen) atoms. The summed E-state index contributed by atoms with van der Waals surface area (Å²) in [7, 11) is 0. The van der Waals surface area contributed by atoms with E-state index in [1.807, 2.05) is 0 Å². The Bertz CT molecular complexity index is 134. The molecule has 0 bridgehead atoms. The van der Waals surface area contributed by atoms with E-state index in [1.54, 1.807) is 0 Å². The van der Waals surface area contributed by atoms with Crippen LogP contribution in [0.4, 0.5) is 0 Å². The van der Waals surface area contributed by atoms with E-state index in [0.29, 0.717) is 6.10 Å². The molecular formula is C12H25NO. The van der Waals surface area contributed by atoms with E-state index in [0.717, 1.165) is 19.2 Å². The molecule has 1 N–H and O–H groups in total. The van der Waals surface area contributed by atoms with Gasteiger partial charge in [-0.25, -0.2) is 0 Å². The summed E-state index contributed by atoms with van der Waals surface area (Å²) in [6, 6.07) is 0.807. The van der Waals surface area contributed by atoms with Gasteiger partial charge in [0.25, 0.3) is 0 Å². The van der Waals surface area contributed by atoms with Gasteiger partial charge in [-0.1, -0.05) is 26.2 Å². The standard InChI is InChI=1S/C12H25NO/c1-3-4-5-6-9-14-11(2)10-13-12-7-8-12/h11-13H,3-10H2,1-2H3. The maximum Gasteiger partial charge on any atom is 0.0671 e. The molecule has 0 amide bonds. The molecule has 1 fully saturated rings. The zero-order valence-corrected chi connectivity index (χ0v) is 9.72. The van der Waals surface area contributed by atoms with Crippen LogP contribution >= 0.6 is 0 Å². The van der Waals surface area contributed by atoms with Crippen molar-refractivity contribution < 1.29 is 4.74 Å². The molecule has 1 aliphatic carbocycles. The second-order valence-electron chi connectivity index (χ2n) is 4.42. The fourth-order valence-electron chi connectivity index (χ4n) is 1.49. The van der Waals surface area contributed by atoms with Gasteiger partial charge in [0.15, 0.2) is 0 Å². The molecule has 2 heteroatoms. The number of ether oxygens (including phenoxy) is 1. The normalized spacial score (nSPS) is 18.4. The molecule has 84 valence electrons. The van der Waals surface area contributed by atoms with Crippen LogP contribution in [0.3, 0.4) is 0 Å². The van der Waals surface area contributed by atoms with Crippen LogP contribution in [0.1, 0.15) is 52.4 Å². The molecule has 0 aromatic heterocycles. The molecule has 0 radical (unpaired) electrons. The monoisotopic (exact) mass is 199 g/mol. The Morgan fingerprint density at radius 1 is 1.29 bits per heavy atom. The van der Waals surface area contributed by atoms with E-state index >= 15 is 0 Å². The first-order chi connectivity index (χ1) is 6.83. The highest BCUT2D eigenvalue weighted by Crippen LogP contribution is 2.18. The Labute approximate surface area is 88.4 Å². The van der Waals surface area contributed by atoms with E-state index in [2.05, 4.69) is 19.2 Å². The van der Waals surface area contributed by atoms with Gasteiger partial charge in [-0.3, -0.25) is 0 Å². The maximum atomic E-state index is 5.70. The highest BCUT2D eigenvalue weighted by molar-refractivity contribution is 4.81. The molecule has 0 spiro atoms. The number of nitrogens with one attached hydrogen (secondary N) is 1. The van der Waals surface area contributed by atoms with Gasteiger partial charge in [0.1, 0.15) is 0 Å². The van der Waals surface area contributed by atoms with Gasteiger partial charge >= 0.3 is 0 Å². The number of unbranched alkanes of at least 4 members (excludes halogenated alkanes) is 3. The van der Waals surface area contributed by atoms with Crippen LogP contribution in [0.2, 0.25) is 0 Å². The zero-order chi connectivity index (χ0) is 10.2. The molecular weight excluding hydrogens is 174 g/mol. The highest BCUT2D eigenvalue weighted by Gasteiger charge is 2.20. The van der Waals surface area contributed by atoms with Crippen LogP contribution in [0.5, 0.6) is 0 Å². The third kappa shape index (κ3) is 6.39. The van der Waals surface area contributed by atoms with E-state index in [-0.39, 0.29) is 0 Å². The van der Waals surface area contributed by atoms with Crippen LogP contribution in [0.15, 0.2) is 0 Å². The molecule has 1 atom stereocenters. The second kappa shape index (κ2) is 7.24. The Morgan fingerprint density at radius 3 is 2.71 bits per heavy atom. The average molecular weight is 199 g/mol. The molecule has 0 saturated heterocycles. The second-order valence-corrected chi connectivity index (χ2v) is 4.42. The SMILES string of the molecule is CCCCCCOC(C)CNC1CC1. The fraction of sp³-hybridized carbons (Fsp3) is 1.00. The van der Waals surface area contributed by atoms with Gasteiger partial charge in [0, 0.05) is 19.2 Å². The van der Waals surface area contributed by atoms with E-state index in [9.17, 15) is 0 Å². The number of hydrogen-bond acceptors (Lipinski definition) is 2. The summed E-state index contributed by atoms with van der Waals surface area (Å²) in [5, 5.41) is 3.48. The zero-order valence-electron chi connectivity index (χ0n) is 9.72. The number of rotatable bonds is 9. The third-order valence-electron chi connectivity index (χ3n) is 2.67. The number of hydrogen-bond donors (Lipinski definition) is 1. The largest absolute Gasteiger partial charge is 0.377 e. The summed E-state index contributed by atoms with van der Waals surface area (Å²) in [5.41, 5.74) is 0. The van der Waals surface area contributed by atoms with Crippen molar-refractivity contribution in [3.05, 3.63) is 0 Å². The van der Waals surface area contributed by atoms with E-state index in [4.69, 9.17) is 4.74 Å². The lowest BCUT2D eigenvalue weighted by Crippen LogP contribution is -2.28. The molecule has 0 aliphatic heterocycles. The van der Waals surface area contributed by atoms with Crippen molar-refractivity contribution in [2.45, 2.75) is 64.5 Å². The lowest BCUT2D eigenvalue weighted by Gasteiger charge is -2.13. The summed E-state index contributed by atoms with van der Waals surface area (Å²) < 4.78 is 5.70. The van der Waals surface area contributed by atoms with Crippen molar-refractivity contribution in [2.75, 3.05) is 13.2 Å². The van der Waals surface area contributed by atoms with Crippen molar-refractivity contribution in [2.24, 2.45) is 0 Å². The van der Waals surface area contributed by atoms with Crippen LogP contribution in [-0.4, -0.2) is 25.3 Å². The lowest BCUT2D eigenvalue weighted by atomic mass is 10.2. The van der Waals surface area contributed by atoms with Gasteiger partial charge < -0.3 is 10.1 Å². The Morgan fingerprint density at radius 2 is 2.07 bits per heavy atom. The van der Waals surface area contributed by atoms with Crippen molar-refractivity contribution in [1.82, 2.24) is 5.32 Å². The van der Waals surface area contributed by atoms with Crippen molar-refractivity contribution >= 4 is 0 Å². The van der Waals surface area contributed by atoms with Crippen molar-refractivity contribution in [3.8, 4) is 0 Å². The fourth-order valence-corrected chi connectivity index (χ4v) is 1.49. The lowest BCUT2D eigenvalue weighted by molar-refractivity contribution is 0.0628. The molecule has 1 saturated carbocycles. The smallest absolute Gasteiger partial charge is 0.0671 e. The molecule has 1 rings (SSSR count). The van der Waals surface area contributed by atoms with Crippen LogP contribution in [0.25, 0.3) is 0 Å². The van der Waals surface area contributed by atoms with Gasteiger partial charge in [-0.05, 0) is 26.2 Å². The first-order valence-electron chi connectivity index (χ1n) is 6.18. The first-order valence-corrected chi connectivity index (χ1v) is 6.18. The first kappa shape index (κ1) is 12.0. The van der Waals surface area contributed by atoms with Gasteiger partial charge in [0.05, 0.1) is 6.10 Å². The summed E-state index contributed by atoms with van der Waals surface area (Å²) >= 11 is 0. The van der Waals surface area contributed by atoms with E-state index < -0.39 is 0 Å². The topological polar surface area (TPSA) is 21.3 Å². The summed E-state index contributed by atoms with van der Waals surface area (Å²) in [5.74, 6) is 0. The minimum Gasteiger partial charge on any atom is -0.377 e. The van der Waals surface area contributed by atoms with Gasteiger partial charge in [0.2, 0.25) is 0 Å². The minimum atomic E-state index is 0.386. The maximum absolute atomic E-state index is 5.70. The summed E-state index contributed by atoms with van der Waals surface area (Å²) in [6.45, 7) is 6.37. The van der Waals surface area contributed by atoms with Crippen LogP contribution in [0, 0.1) is 0 Å². The Kier molecular flexibility index (Phi) is 6.20. The summed E-state index contributed by atoms with van der Waals surface area (Å²) in [6.07, 6.45) is 8.31.